The van der Waals surface area contributed by atoms with Gasteiger partial charge < -0.3 is 25.2 Å². The van der Waals surface area contributed by atoms with Crippen LogP contribution in [-0.2, 0) is 19.4 Å². The summed E-state index contributed by atoms with van der Waals surface area (Å²) < 4.78 is 39.2. The number of hydrogen-bond acceptors (Lipinski definition) is 10. The first-order valence-electron chi connectivity index (χ1n) is 7.39. The van der Waals surface area contributed by atoms with Gasteiger partial charge in [0.2, 0.25) is 0 Å². The quantitative estimate of drug-likeness (QED) is 0.117. The van der Waals surface area contributed by atoms with Crippen LogP contribution in [-0.4, -0.2) is 74.9 Å². The SMILES string of the molecule is CCCCC/C(=N/OS(=O)(=O)O)S[C@@H]1O[C@H](CO)[C@H](O)[C@H](O)[C@@H]1O. The number of unbranched alkanes of at least 4 members (excludes halogenated alkanes) is 2. The molecule has 0 aromatic rings. The van der Waals surface area contributed by atoms with E-state index in [1.807, 2.05) is 6.92 Å². The molecule has 1 saturated heterocycles. The molecule has 0 unspecified atom stereocenters. The largest absolute Gasteiger partial charge is 0.466 e. The first-order valence-corrected chi connectivity index (χ1v) is 9.64. The fourth-order valence-corrected chi connectivity index (χ4v) is 3.38. The summed E-state index contributed by atoms with van der Waals surface area (Å²) in [5, 5.41) is 42.0. The first-order chi connectivity index (χ1) is 11.2. The van der Waals surface area contributed by atoms with Gasteiger partial charge in [-0.15, -0.1) is 0 Å². The average Bonchev–Trinajstić information content (AvgIpc) is 2.52. The van der Waals surface area contributed by atoms with Crippen LogP contribution in [0.5, 0.6) is 0 Å². The van der Waals surface area contributed by atoms with Gasteiger partial charge in [0.05, 0.1) is 6.61 Å². The van der Waals surface area contributed by atoms with Crippen LogP contribution in [0.15, 0.2) is 5.16 Å². The molecule has 0 amide bonds. The maximum atomic E-state index is 10.6. The van der Waals surface area contributed by atoms with Gasteiger partial charge in [0.1, 0.15) is 34.9 Å². The number of aliphatic hydroxyl groups is 4. The van der Waals surface area contributed by atoms with E-state index in [9.17, 15) is 23.7 Å². The van der Waals surface area contributed by atoms with Crippen LogP contribution in [0.3, 0.4) is 0 Å². The van der Waals surface area contributed by atoms with Crippen molar-refractivity contribution in [1.82, 2.24) is 0 Å². The highest BCUT2D eigenvalue weighted by Crippen LogP contribution is 2.30. The second-order valence-corrected chi connectivity index (χ2v) is 7.44. The summed E-state index contributed by atoms with van der Waals surface area (Å²) >= 11 is 0.785. The van der Waals surface area contributed by atoms with Crippen molar-refractivity contribution in [1.29, 1.82) is 0 Å². The molecule has 0 saturated carbocycles. The minimum Gasteiger partial charge on any atom is -0.394 e. The molecule has 5 atom stereocenters. The third-order valence-corrected chi connectivity index (χ3v) is 4.76. The number of hydrogen-bond donors (Lipinski definition) is 5. The zero-order valence-electron chi connectivity index (χ0n) is 13.1. The van der Waals surface area contributed by atoms with Crippen molar-refractivity contribution < 1.29 is 42.4 Å². The van der Waals surface area contributed by atoms with Gasteiger partial charge in [0, 0.05) is 0 Å². The van der Waals surface area contributed by atoms with E-state index < -0.39 is 46.9 Å². The molecule has 0 aromatic heterocycles. The smallest absolute Gasteiger partial charge is 0.394 e. The van der Waals surface area contributed by atoms with Crippen molar-refractivity contribution >= 4 is 27.2 Å². The van der Waals surface area contributed by atoms with Crippen LogP contribution < -0.4 is 0 Å². The van der Waals surface area contributed by atoms with Gasteiger partial charge >= 0.3 is 10.4 Å². The van der Waals surface area contributed by atoms with Crippen LogP contribution in [0, 0.1) is 0 Å². The normalized spacial score (nSPS) is 31.9. The molecule has 1 aliphatic rings. The fourth-order valence-electron chi connectivity index (χ4n) is 2.04. The molecule has 1 fully saturated rings. The van der Waals surface area contributed by atoms with E-state index in [1.165, 1.54) is 0 Å². The highest BCUT2D eigenvalue weighted by molar-refractivity contribution is 8.14. The van der Waals surface area contributed by atoms with E-state index in [0.29, 0.717) is 12.8 Å². The summed E-state index contributed by atoms with van der Waals surface area (Å²) in [6, 6.07) is 0. The summed E-state index contributed by atoms with van der Waals surface area (Å²) in [7, 11) is -4.77. The van der Waals surface area contributed by atoms with Gasteiger partial charge in [-0.05, 0) is 12.8 Å². The van der Waals surface area contributed by atoms with E-state index in [4.69, 9.17) is 14.4 Å². The number of oxime groups is 1. The van der Waals surface area contributed by atoms with Crippen molar-refractivity contribution in [2.75, 3.05) is 6.61 Å². The first kappa shape index (κ1) is 21.6. The van der Waals surface area contributed by atoms with Crippen LogP contribution in [0.2, 0.25) is 0 Å². The Kier molecular flexibility index (Phi) is 8.87. The number of nitrogens with zero attached hydrogens (tertiary/aromatic N) is 1. The standard InChI is InChI=1S/C12H23NO9S2/c1-2-3-4-5-8(13-22-24(18,19)20)23-12-11(17)10(16)9(15)7(6-14)21-12/h7,9-12,14-17H,2-6H2,1H3,(H,18,19,20)/b13-8-/t7-,9+,10+,11+,12+/m1/s1. The van der Waals surface area contributed by atoms with Crippen LogP contribution in [0.1, 0.15) is 32.6 Å². The van der Waals surface area contributed by atoms with Crippen LogP contribution in [0.4, 0.5) is 0 Å². The Labute approximate surface area is 144 Å². The molecule has 10 nitrogen and oxygen atoms in total. The lowest BCUT2D eigenvalue weighted by Crippen LogP contribution is -2.57. The lowest BCUT2D eigenvalue weighted by molar-refractivity contribution is -0.205. The van der Waals surface area contributed by atoms with Crippen molar-refractivity contribution in [3.63, 3.8) is 0 Å². The molecule has 0 radical (unpaired) electrons. The van der Waals surface area contributed by atoms with Gasteiger partial charge in [-0.1, -0.05) is 36.7 Å². The lowest BCUT2D eigenvalue weighted by Gasteiger charge is -2.39. The minimum atomic E-state index is -4.77. The molecule has 0 aromatic carbocycles. The molecule has 0 aliphatic carbocycles. The van der Waals surface area contributed by atoms with E-state index >= 15 is 0 Å². The van der Waals surface area contributed by atoms with E-state index in [2.05, 4.69) is 9.44 Å². The van der Waals surface area contributed by atoms with Gasteiger partial charge in [0.25, 0.3) is 0 Å². The second-order valence-electron chi connectivity index (χ2n) is 5.26. The van der Waals surface area contributed by atoms with E-state index in [1.54, 1.807) is 0 Å². The number of rotatable bonds is 8. The third-order valence-electron chi connectivity index (χ3n) is 3.33. The Morgan fingerprint density at radius 3 is 2.42 bits per heavy atom. The summed E-state index contributed by atoms with van der Waals surface area (Å²) in [6.45, 7) is 1.39. The molecule has 1 heterocycles. The number of thioether (sulfide) groups is 1. The van der Waals surface area contributed by atoms with Crippen molar-refractivity contribution in [3.8, 4) is 0 Å². The maximum Gasteiger partial charge on any atom is 0.466 e. The number of ether oxygens (including phenoxy) is 1. The monoisotopic (exact) mass is 389 g/mol. The Hall–Kier alpha value is -0.470. The minimum absolute atomic E-state index is 0.116. The predicted molar refractivity (Wildman–Crippen MR) is 85.6 cm³/mol. The average molecular weight is 389 g/mol. The molecule has 142 valence electrons. The van der Waals surface area contributed by atoms with Gasteiger partial charge in [0.15, 0.2) is 0 Å². The predicted octanol–water partition coefficient (Wildman–Crippen LogP) is -0.767. The molecule has 24 heavy (non-hydrogen) atoms. The molecular formula is C12H23NO9S2. The number of aliphatic hydroxyl groups excluding tert-OH is 4. The van der Waals surface area contributed by atoms with Crippen molar-refractivity contribution in [2.24, 2.45) is 5.16 Å². The molecule has 1 aliphatic heterocycles. The molecule has 1 rings (SSSR count). The van der Waals surface area contributed by atoms with Crippen molar-refractivity contribution in [3.05, 3.63) is 0 Å². The maximum absolute atomic E-state index is 10.6. The Balaban J connectivity index is 2.82. The summed E-state index contributed by atoms with van der Waals surface area (Å²) in [5.41, 5.74) is -1.11. The molecule has 12 heteroatoms. The molecule has 0 spiro atoms. The lowest BCUT2D eigenvalue weighted by atomic mass is 10.0. The summed E-state index contributed by atoms with van der Waals surface area (Å²) in [6.07, 6.45) is -2.94. The summed E-state index contributed by atoms with van der Waals surface area (Å²) in [5.74, 6) is 0. The van der Waals surface area contributed by atoms with Gasteiger partial charge in [-0.3, -0.25) is 4.55 Å². The highest BCUT2D eigenvalue weighted by Gasteiger charge is 2.44. The van der Waals surface area contributed by atoms with Crippen molar-refractivity contribution in [2.45, 2.75) is 62.5 Å². The molecular weight excluding hydrogens is 366 g/mol. The van der Waals surface area contributed by atoms with E-state index in [0.717, 1.165) is 24.6 Å². The fraction of sp³-hybridized carbons (Fsp3) is 0.917. The second kappa shape index (κ2) is 9.87. The zero-order chi connectivity index (χ0) is 18.3. The third kappa shape index (κ3) is 6.80. The molecule has 0 bridgehead atoms. The molecule has 5 N–H and O–H groups in total. The Morgan fingerprint density at radius 2 is 1.88 bits per heavy atom. The summed E-state index contributed by atoms with van der Waals surface area (Å²) in [4.78, 5) is 0. The van der Waals surface area contributed by atoms with Crippen LogP contribution in [0.25, 0.3) is 0 Å². The van der Waals surface area contributed by atoms with Gasteiger partial charge in [-0.2, -0.15) is 8.42 Å². The zero-order valence-corrected chi connectivity index (χ0v) is 14.7. The highest BCUT2D eigenvalue weighted by atomic mass is 32.3. The van der Waals surface area contributed by atoms with E-state index in [-0.39, 0.29) is 5.04 Å². The van der Waals surface area contributed by atoms with Crippen LogP contribution >= 0.6 is 11.8 Å². The Morgan fingerprint density at radius 1 is 1.21 bits per heavy atom. The topological polar surface area (TPSA) is 166 Å². The Bertz CT molecular complexity index is 511. The van der Waals surface area contributed by atoms with Gasteiger partial charge in [-0.25, -0.2) is 4.28 Å².